The Labute approximate surface area is 57.3 Å². The SMILES string of the molecule is COC(C)CC(=O)Br. The molecule has 48 valence electrons. The van der Waals surface area contributed by atoms with Crippen LogP contribution in [0.5, 0.6) is 0 Å². The summed E-state index contributed by atoms with van der Waals surface area (Å²) in [5.74, 6) is 0. The average molecular weight is 181 g/mol. The zero-order valence-electron chi connectivity index (χ0n) is 4.98. The van der Waals surface area contributed by atoms with Crippen LogP contribution in [0.3, 0.4) is 0 Å². The van der Waals surface area contributed by atoms with Crippen LogP contribution in [0.15, 0.2) is 0 Å². The first-order valence-corrected chi connectivity index (χ1v) is 3.17. The highest BCUT2D eigenvalue weighted by atomic mass is 79.9. The Bertz CT molecular complexity index is 82.5. The van der Waals surface area contributed by atoms with Crippen molar-refractivity contribution in [1.29, 1.82) is 0 Å². The minimum atomic E-state index is -0.00755. The summed E-state index contributed by atoms with van der Waals surface area (Å²) in [6, 6.07) is 0. The molecule has 2 nitrogen and oxygen atoms in total. The number of methoxy groups -OCH3 is 1. The Hall–Kier alpha value is 0.110. The summed E-state index contributed by atoms with van der Waals surface area (Å²) in [6.07, 6.45) is 0.470. The fourth-order valence-electron chi connectivity index (χ4n) is 0.309. The predicted molar refractivity (Wildman–Crippen MR) is 35.0 cm³/mol. The molecule has 0 aromatic rings. The van der Waals surface area contributed by atoms with Crippen LogP contribution in [-0.4, -0.2) is 17.9 Å². The molecule has 0 bridgehead atoms. The molecule has 0 aliphatic rings. The zero-order valence-corrected chi connectivity index (χ0v) is 6.56. The molecule has 0 heterocycles. The van der Waals surface area contributed by atoms with Gasteiger partial charge in [0.05, 0.1) is 6.10 Å². The fourth-order valence-corrected chi connectivity index (χ4v) is 0.765. The molecule has 0 radical (unpaired) electrons. The summed E-state index contributed by atoms with van der Waals surface area (Å²) in [4.78, 5) is 10.2. The Kier molecular flexibility index (Phi) is 4.09. The van der Waals surface area contributed by atoms with E-state index in [0.29, 0.717) is 6.42 Å². The lowest BCUT2D eigenvalue weighted by molar-refractivity contribution is -0.112. The van der Waals surface area contributed by atoms with Crippen LogP contribution < -0.4 is 0 Å². The van der Waals surface area contributed by atoms with Crippen molar-refractivity contribution in [1.82, 2.24) is 0 Å². The average Bonchev–Trinajstić information content (AvgIpc) is 1.65. The Morgan fingerprint density at radius 1 is 1.88 bits per heavy atom. The molecule has 1 unspecified atom stereocenters. The van der Waals surface area contributed by atoms with Crippen LogP contribution in [-0.2, 0) is 9.53 Å². The van der Waals surface area contributed by atoms with Crippen LogP contribution in [0.2, 0.25) is 0 Å². The van der Waals surface area contributed by atoms with E-state index in [4.69, 9.17) is 4.74 Å². The first-order chi connectivity index (χ1) is 3.66. The lowest BCUT2D eigenvalue weighted by Crippen LogP contribution is -2.07. The predicted octanol–water partition coefficient (Wildman–Crippen LogP) is 1.33. The molecule has 0 aliphatic heterocycles. The van der Waals surface area contributed by atoms with Gasteiger partial charge in [-0.25, -0.2) is 0 Å². The second-order valence-electron chi connectivity index (χ2n) is 1.61. The van der Waals surface area contributed by atoms with Crippen molar-refractivity contribution < 1.29 is 9.53 Å². The van der Waals surface area contributed by atoms with E-state index in [2.05, 4.69) is 15.9 Å². The maximum absolute atomic E-state index is 10.2. The number of hydrogen-bond acceptors (Lipinski definition) is 2. The number of ether oxygens (including phenoxy) is 1. The van der Waals surface area contributed by atoms with Gasteiger partial charge < -0.3 is 4.74 Å². The summed E-state index contributed by atoms with van der Waals surface area (Å²) in [5, 5.41) is 0. The number of carbonyl (C=O) groups excluding carboxylic acids is 1. The van der Waals surface area contributed by atoms with E-state index in [0.717, 1.165) is 0 Å². The van der Waals surface area contributed by atoms with Crippen LogP contribution in [0, 0.1) is 0 Å². The van der Waals surface area contributed by atoms with Gasteiger partial charge in [0.2, 0.25) is 0 Å². The van der Waals surface area contributed by atoms with E-state index < -0.39 is 0 Å². The molecule has 0 N–H and O–H groups in total. The number of hydrogen-bond donors (Lipinski definition) is 0. The van der Waals surface area contributed by atoms with Gasteiger partial charge in [-0.15, -0.1) is 0 Å². The molecule has 0 amide bonds. The van der Waals surface area contributed by atoms with Gasteiger partial charge in [-0.2, -0.15) is 0 Å². The Morgan fingerprint density at radius 3 is 2.50 bits per heavy atom. The topological polar surface area (TPSA) is 26.3 Å². The van der Waals surface area contributed by atoms with Crippen molar-refractivity contribution in [2.75, 3.05) is 7.11 Å². The molecule has 0 aliphatic carbocycles. The van der Waals surface area contributed by atoms with Crippen molar-refractivity contribution in [3.8, 4) is 0 Å². The number of rotatable bonds is 3. The maximum Gasteiger partial charge on any atom is 0.200 e. The molecule has 0 fully saturated rings. The second kappa shape index (κ2) is 4.04. The van der Waals surface area contributed by atoms with E-state index in [9.17, 15) is 4.79 Å². The first-order valence-electron chi connectivity index (χ1n) is 2.38. The van der Waals surface area contributed by atoms with E-state index in [1.807, 2.05) is 6.92 Å². The third kappa shape index (κ3) is 4.27. The minimum absolute atomic E-state index is 0.00755. The molecule has 0 saturated heterocycles. The van der Waals surface area contributed by atoms with Gasteiger partial charge in [0, 0.05) is 13.5 Å². The summed E-state index contributed by atoms with van der Waals surface area (Å²) >= 11 is 2.80. The van der Waals surface area contributed by atoms with Crippen LogP contribution in [0.25, 0.3) is 0 Å². The zero-order chi connectivity index (χ0) is 6.57. The van der Waals surface area contributed by atoms with E-state index in [-0.39, 0.29) is 10.8 Å². The van der Waals surface area contributed by atoms with Gasteiger partial charge in [-0.05, 0) is 22.9 Å². The second-order valence-corrected chi connectivity index (χ2v) is 2.49. The lowest BCUT2D eigenvalue weighted by Gasteiger charge is -2.03. The summed E-state index contributed by atoms with van der Waals surface area (Å²) < 4.78 is 4.80. The molecule has 1 atom stereocenters. The minimum Gasteiger partial charge on any atom is -0.381 e. The van der Waals surface area contributed by atoms with Crippen molar-refractivity contribution >= 4 is 20.6 Å². The van der Waals surface area contributed by atoms with Crippen molar-refractivity contribution in [2.45, 2.75) is 19.4 Å². The van der Waals surface area contributed by atoms with E-state index in [1.165, 1.54) is 0 Å². The van der Waals surface area contributed by atoms with Crippen molar-refractivity contribution in [2.24, 2.45) is 0 Å². The van der Waals surface area contributed by atoms with Gasteiger partial charge in [0.15, 0.2) is 4.69 Å². The highest BCUT2D eigenvalue weighted by Gasteiger charge is 2.02. The van der Waals surface area contributed by atoms with Crippen molar-refractivity contribution in [3.63, 3.8) is 0 Å². The van der Waals surface area contributed by atoms with Crippen molar-refractivity contribution in [3.05, 3.63) is 0 Å². The first kappa shape index (κ1) is 8.11. The number of carbonyl (C=O) groups is 1. The Morgan fingerprint density at radius 2 is 2.38 bits per heavy atom. The van der Waals surface area contributed by atoms with Gasteiger partial charge in [-0.1, -0.05) is 0 Å². The maximum atomic E-state index is 10.2. The molecular weight excluding hydrogens is 172 g/mol. The van der Waals surface area contributed by atoms with E-state index in [1.54, 1.807) is 7.11 Å². The molecule has 0 saturated carbocycles. The van der Waals surface area contributed by atoms with Gasteiger partial charge in [0.1, 0.15) is 0 Å². The highest BCUT2D eigenvalue weighted by Crippen LogP contribution is 1.99. The molecule has 0 spiro atoms. The molecule has 0 aromatic carbocycles. The van der Waals surface area contributed by atoms with Crippen LogP contribution in [0.1, 0.15) is 13.3 Å². The highest BCUT2D eigenvalue weighted by molar-refractivity contribution is 9.18. The van der Waals surface area contributed by atoms with Crippen LogP contribution in [0.4, 0.5) is 0 Å². The van der Waals surface area contributed by atoms with Gasteiger partial charge in [-0.3, -0.25) is 4.79 Å². The summed E-state index contributed by atoms with van der Waals surface area (Å²) in [5.41, 5.74) is 0. The third-order valence-electron chi connectivity index (χ3n) is 0.850. The molecule has 8 heavy (non-hydrogen) atoms. The van der Waals surface area contributed by atoms with Gasteiger partial charge >= 0.3 is 0 Å². The number of halogens is 1. The van der Waals surface area contributed by atoms with Gasteiger partial charge in [0.25, 0.3) is 0 Å². The third-order valence-corrected chi connectivity index (χ3v) is 1.17. The normalized spacial score (nSPS) is 13.4. The summed E-state index contributed by atoms with van der Waals surface area (Å²) in [7, 11) is 1.58. The largest absolute Gasteiger partial charge is 0.381 e. The molecule has 3 heteroatoms. The van der Waals surface area contributed by atoms with E-state index >= 15 is 0 Å². The fraction of sp³-hybridized carbons (Fsp3) is 0.800. The lowest BCUT2D eigenvalue weighted by atomic mass is 10.3. The molecular formula is C5H9BrO2. The molecule has 0 aromatic heterocycles. The standard InChI is InChI=1S/C5H9BrO2/c1-4(8-2)3-5(6)7/h4H,3H2,1-2H3. The van der Waals surface area contributed by atoms with Crippen LogP contribution >= 0.6 is 15.9 Å². The Balaban J connectivity index is 3.24. The summed E-state index contributed by atoms with van der Waals surface area (Å²) in [6.45, 7) is 1.85. The molecule has 0 rings (SSSR count). The quantitative estimate of drug-likeness (QED) is 0.614. The monoisotopic (exact) mass is 180 g/mol. The smallest absolute Gasteiger partial charge is 0.200 e.